The molecule has 0 heterocycles. The molecular weight excluding hydrogens is 298 g/mol. The van der Waals surface area contributed by atoms with Crippen LogP contribution in [-0.4, -0.2) is 60.8 Å². The van der Waals surface area contributed by atoms with Crippen molar-refractivity contribution in [3.8, 4) is 5.75 Å². The summed E-state index contributed by atoms with van der Waals surface area (Å²) in [5.41, 5.74) is 6.13. The van der Waals surface area contributed by atoms with Crippen molar-refractivity contribution in [2.75, 3.05) is 0 Å². The lowest BCUT2D eigenvalue weighted by molar-refractivity contribution is -0.165. The molecule has 0 aliphatic rings. The van der Waals surface area contributed by atoms with Crippen molar-refractivity contribution in [2.24, 2.45) is 5.73 Å². The quantitative estimate of drug-likeness (QED) is 0.345. The van der Waals surface area contributed by atoms with E-state index in [1.54, 1.807) is 25.1 Å². The lowest BCUT2D eigenvalue weighted by Gasteiger charge is -2.14. The summed E-state index contributed by atoms with van der Waals surface area (Å²) < 4.78 is 0. The van der Waals surface area contributed by atoms with Gasteiger partial charge in [-0.05, 0) is 24.6 Å². The number of nitrogens with two attached hydrogens (primary N) is 1. The van der Waals surface area contributed by atoms with Gasteiger partial charge in [0.15, 0.2) is 12.2 Å². The Morgan fingerprint density at radius 3 is 1.82 bits per heavy atom. The Kier molecular flexibility index (Phi) is 8.05. The summed E-state index contributed by atoms with van der Waals surface area (Å²) in [5, 5.41) is 51.1. The van der Waals surface area contributed by atoms with Gasteiger partial charge in [-0.25, -0.2) is 9.59 Å². The van der Waals surface area contributed by atoms with Gasteiger partial charge in [-0.2, -0.15) is 0 Å². The van der Waals surface area contributed by atoms with Crippen molar-refractivity contribution in [2.45, 2.75) is 31.3 Å². The maximum atomic E-state index is 9.77. The molecule has 0 aliphatic heterocycles. The Balaban J connectivity index is 0.000000409. The molecule has 9 heteroatoms. The molecule has 0 radical (unpaired) electrons. The second kappa shape index (κ2) is 8.95. The molecule has 124 valence electrons. The zero-order valence-electron chi connectivity index (χ0n) is 11.7. The van der Waals surface area contributed by atoms with E-state index in [0.717, 1.165) is 0 Å². The van der Waals surface area contributed by atoms with Gasteiger partial charge in [-0.3, -0.25) is 0 Å². The largest absolute Gasteiger partial charge is 0.508 e. The highest BCUT2D eigenvalue weighted by atomic mass is 16.4. The number of benzene rings is 1. The first kappa shape index (κ1) is 19.8. The number of hydrogen-bond acceptors (Lipinski definition) is 7. The second-order valence-electron chi connectivity index (χ2n) is 4.47. The molecule has 0 bridgehead atoms. The maximum absolute atomic E-state index is 9.77. The van der Waals surface area contributed by atoms with E-state index in [-0.39, 0.29) is 11.8 Å². The number of rotatable bonds is 5. The highest BCUT2D eigenvalue weighted by Crippen LogP contribution is 2.19. The first-order chi connectivity index (χ1) is 10.1. The summed E-state index contributed by atoms with van der Waals surface area (Å²) >= 11 is 0. The van der Waals surface area contributed by atoms with Crippen LogP contribution < -0.4 is 5.73 Å². The Hall–Kier alpha value is -2.20. The molecule has 1 aromatic carbocycles. The van der Waals surface area contributed by atoms with Crippen molar-refractivity contribution in [3.63, 3.8) is 0 Å². The summed E-state index contributed by atoms with van der Waals surface area (Å²) in [6, 6.07) is 6.14. The molecule has 0 aromatic heterocycles. The van der Waals surface area contributed by atoms with E-state index in [1.807, 2.05) is 0 Å². The third kappa shape index (κ3) is 6.50. The zero-order valence-corrected chi connectivity index (χ0v) is 11.7. The molecule has 4 atom stereocenters. The van der Waals surface area contributed by atoms with Gasteiger partial charge in [-0.15, -0.1) is 0 Å². The van der Waals surface area contributed by atoms with Crippen LogP contribution >= 0.6 is 0 Å². The van der Waals surface area contributed by atoms with E-state index in [1.165, 1.54) is 6.07 Å². The van der Waals surface area contributed by atoms with Gasteiger partial charge in [0.05, 0.1) is 6.10 Å². The fourth-order valence-electron chi connectivity index (χ4n) is 1.28. The van der Waals surface area contributed by atoms with Crippen molar-refractivity contribution in [3.05, 3.63) is 29.8 Å². The Bertz CT molecular complexity index is 487. The fourth-order valence-corrected chi connectivity index (χ4v) is 1.28. The van der Waals surface area contributed by atoms with Gasteiger partial charge >= 0.3 is 11.9 Å². The SMILES string of the molecule is C[C@H](N)[C@H](O)c1cccc(O)c1.O=C(O)[C@H](O)[C@@H](O)C(=O)O. The number of phenolic OH excluding ortho intramolecular Hbond substituents is 1. The van der Waals surface area contributed by atoms with Crippen molar-refractivity contribution in [1.29, 1.82) is 0 Å². The summed E-state index contributed by atoms with van der Waals surface area (Å²) in [6.07, 6.45) is -5.24. The zero-order chi connectivity index (χ0) is 17.4. The Morgan fingerprint density at radius 1 is 1.05 bits per heavy atom. The number of phenols is 1. The van der Waals surface area contributed by atoms with Crippen LogP contribution in [0.4, 0.5) is 0 Å². The van der Waals surface area contributed by atoms with Crippen molar-refractivity contribution < 1.29 is 40.2 Å². The molecule has 0 fully saturated rings. The van der Waals surface area contributed by atoms with Crippen LogP contribution in [0.1, 0.15) is 18.6 Å². The molecule has 0 aliphatic carbocycles. The monoisotopic (exact) mass is 317 g/mol. The summed E-state index contributed by atoms with van der Waals surface area (Å²) in [4.78, 5) is 19.5. The van der Waals surface area contributed by atoms with Crippen LogP contribution in [0.2, 0.25) is 0 Å². The van der Waals surface area contributed by atoms with Crippen LogP contribution in [0.25, 0.3) is 0 Å². The molecule has 9 nitrogen and oxygen atoms in total. The van der Waals surface area contributed by atoms with Crippen LogP contribution in [0.15, 0.2) is 24.3 Å². The number of aliphatic hydroxyl groups excluding tert-OH is 3. The van der Waals surface area contributed by atoms with E-state index >= 15 is 0 Å². The Labute approximate surface area is 125 Å². The van der Waals surface area contributed by atoms with E-state index in [4.69, 9.17) is 31.3 Å². The second-order valence-corrected chi connectivity index (χ2v) is 4.47. The van der Waals surface area contributed by atoms with Crippen molar-refractivity contribution >= 4 is 11.9 Å². The molecule has 22 heavy (non-hydrogen) atoms. The van der Waals surface area contributed by atoms with Gasteiger partial charge in [0.1, 0.15) is 5.75 Å². The number of carboxylic acids is 2. The van der Waals surface area contributed by atoms with Crippen molar-refractivity contribution in [1.82, 2.24) is 0 Å². The number of aliphatic carboxylic acids is 2. The van der Waals surface area contributed by atoms with Crippen LogP contribution in [0.5, 0.6) is 5.75 Å². The minimum Gasteiger partial charge on any atom is -0.508 e. The van der Waals surface area contributed by atoms with Gasteiger partial charge < -0.3 is 36.4 Å². The number of carbonyl (C=O) groups is 2. The average molecular weight is 317 g/mol. The predicted octanol–water partition coefficient (Wildman–Crippen LogP) is -1.35. The van der Waals surface area contributed by atoms with Gasteiger partial charge in [-0.1, -0.05) is 12.1 Å². The topological polar surface area (TPSA) is 182 Å². The predicted molar refractivity (Wildman–Crippen MR) is 74.0 cm³/mol. The third-order valence-electron chi connectivity index (χ3n) is 2.51. The maximum Gasteiger partial charge on any atom is 0.335 e. The summed E-state index contributed by atoms with van der Waals surface area (Å²) in [7, 11) is 0. The minimum absolute atomic E-state index is 0.146. The summed E-state index contributed by atoms with van der Waals surface area (Å²) in [5.74, 6) is -3.39. The first-order valence-corrected chi connectivity index (χ1v) is 6.12. The number of hydrogen-bond donors (Lipinski definition) is 7. The first-order valence-electron chi connectivity index (χ1n) is 6.12. The molecule has 0 saturated carbocycles. The van der Waals surface area contributed by atoms with Gasteiger partial charge in [0.25, 0.3) is 0 Å². The minimum atomic E-state index is -2.27. The smallest absolute Gasteiger partial charge is 0.335 e. The normalized spacial score (nSPS) is 15.7. The highest BCUT2D eigenvalue weighted by Gasteiger charge is 2.29. The average Bonchev–Trinajstić information content (AvgIpc) is 2.45. The Morgan fingerprint density at radius 2 is 1.50 bits per heavy atom. The molecule has 0 amide bonds. The van der Waals surface area contributed by atoms with Crippen LogP contribution in [0.3, 0.4) is 0 Å². The third-order valence-corrected chi connectivity index (χ3v) is 2.51. The van der Waals surface area contributed by atoms with Gasteiger partial charge in [0, 0.05) is 6.04 Å². The number of aromatic hydroxyl groups is 1. The molecule has 1 rings (SSSR count). The van der Waals surface area contributed by atoms with Crippen LogP contribution in [0, 0.1) is 0 Å². The van der Waals surface area contributed by atoms with E-state index in [0.29, 0.717) is 5.56 Å². The summed E-state index contributed by atoms with van der Waals surface area (Å²) in [6.45, 7) is 1.72. The molecule has 0 unspecified atom stereocenters. The lowest BCUT2D eigenvalue weighted by atomic mass is 10.0. The standard InChI is InChI=1S/C9H13NO2.C4H6O6/c1-6(10)9(12)7-3-2-4-8(11)5-7;5-1(3(7)8)2(6)4(9)10/h2-6,9,11-12H,10H2,1H3;1-2,5-6H,(H,7,8)(H,9,10)/t6-,9-;1-,2-/m01/s1. The lowest BCUT2D eigenvalue weighted by Crippen LogP contribution is -2.39. The van der Waals surface area contributed by atoms with E-state index in [2.05, 4.69) is 0 Å². The highest BCUT2D eigenvalue weighted by molar-refractivity contribution is 5.83. The van der Waals surface area contributed by atoms with E-state index in [9.17, 15) is 14.7 Å². The molecule has 1 aromatic rings. The number of carboxylic acid groups (broad SMARTS) is 2. The fraction of sp³-hybridized carbons (Fsp3) is 0.385. The van der Waals surface area contributed by atoms with Crippen LogP contribution in [-0.2, 0) is 9.59 Å². The van der Waals surface area contributed by atoms with E-state index < -0.39 is 30.3 Å². The van der Waals surface area contributed by atoms with Gasteiger partial charge in [0.2, 0.25) is 0 Å². The molecule has 0 saturated heterocycles. The molecule has 0 spiro atoms. The molecule has 8 N–H and O–H groups in total. The number of aliphatic hydroxyl groups is 3. The molecular formula is C13H19NO8.